The summed E-state index contributed by atoms with van der Waals surface area (Å²) in [6, 6.07) is 4.95. The number of hydrogen-bond acceptors (Lipinski definition) is 6. The quantitative estimate of drug-likeness (QED) is 0.398. The largest absolute Gasteiger partial charge is 0.490 e. The zero-order valence-corrected chi connectivity index (χ0v) is 12.8. The summed E-state index contributed by atoms with van der Waals surface area (Å²) in [5.74, 6) is 0.274. The van der Waals surface area contributed by atoms with Crippen LogP contribution in [0.3, 0.4) is 0 Å². The maximum absolute atomic E-state index is 10.9. The molecule has 0 aliphatic carbocycles. The van der Waals surface area contributed by atoms with Crippen LogP contribution >= 0.6 is 0 Å². The fourth-order valence-electron chi connectivity index (χ4n) is 1.71. The number of nitrogens with one attached hydrogen (secondary N) is 1. The van der Waals surface area contributed by atoms with Crippen molar-refractivity contribution in [1.29, 1.82) is 0 Å². The molecule has 0 aliphatic heterocycles. The Hall–Kier alpha value is -1.70. The lowest BCUT2D eigenvalue weighted by molar-refractivity contribution is -0.385. The molecule has 7 nitrogen and oxygen atoms in total. The predicted molar refractivity (Wildman–Crippen MR) is 80.7 cm³/mol. The predicted octanol–water partition coefficient (Wildman–Crippen LogP) is 1.27. The molecule has 0 unspecified atom stereocenters. The van der Waals surface area contributed by atoms with Gasteiger partial charge in [0.2, 0.25) is 0 Å². The number of nitro groups is 1. The van der Waals surface area contributed by atoms with Crippen LogP contribution < -0.4 is 10.1 Å². The molecule has 1 N–H and O–H groups in total. The van der Waals surface area contributed by atoms with Crippen molar-refractivity contribution in [2.24, 2.45) is 0 Å². The molecule has 0 saturated carbocycles. The van der Waals surface area contributed by atoms with Gasteiger partial charge < -0.3 is 19.7 Å². The first kappa shape index (κ1) is 17.4. The highest BCUT2D eigenvalue weighted by atomic mass is 16.6. The second-order valence-corrected chi connectivity index (χ2v) is 4.86. The van der Waals surface area contributed by atoms with Crippen LogP contribution in [-0.4, -0.2) is 57.3 Å². The second-order valence-electron chi connectivity index (χ2n) is 4.86. The van der Waals surface area contributed by atoms with Crippen LogP contribution in [0.15, 0.2) is 18.2 Å². The van der Waals surface area contributed by atoms with E-state index in [0.717, 1.165) is 12.1 Å². The normalized spacial score (nSPS) is 10.9. The Kier molecular flexibility index (Phi) is 7.66. The van der Waals surface area contributed by atoms with Crippen LogP contribution in [0.2, 0.25) is 0 Å². The smallest absolute Gasteiger partial charge is 0.311 e. The Labute approximate surface area is 125 Å². The van der Waals surface area contributed by atoms with Crippen LogP contribution in [0.4, 0.5) is 5.69 Å². The molecular formula is C14H23N3O4. The van der Waals surface area contributed by atoms with Gasteiger partial charge in [0.15, 0.2) is 5.75 Å². The maximum Gasteiger partial charge on any atom is 0.311 e. The summed E-state index contributed by atoms with van der Waals surface area (Å²) in [5, 5.41) is 14.1. The van der Waals surface area contributed by atoms with Gasteiger partial charge in [0.25, 0.3) is 0 Å². The third kappa shape index (κ3) is 6.52. The molecule has 0 aromatic heterocycles. The van der Waals surface area contributed by atoms with E-state index >= 15 is 0 Å². The van der Waals surface area contributed by atoms with Crippen LogP contribution in [0.1, 0.15) is 5.56 Å². The first-order valence-electron chi connectivity index (χ1n) is 6.79. The van der Waals surface area contributed by atoms with E-state index in [0.29, 0.717) is 26.3 Å². The highest BCUT2D eigenvalue weighted by Crippen LogP contribution is 2.27. The first-order chi connectivity index (χ1) is 10.0. The minimum absolute atomic E-state index is 0.0148. The Morgan fingerprint density at radius 1 is 1.33 bits per heavy atom. The van der Waals surface area contributed by atoms with E-state index in [1.165, 1.54) is 13.2 Å². The zero-order valence-electron chi connectivity index (χ0n) is 12.8. The molecule has 1 rings (SSSR count). The number of hydrogen-bond donors (Lipinski definition) is 1. The summed E-state index contributed by atoms with van der Waals surface area (Å²) >= 11 is 0. The fraction of sp³-hybridized carbons (Fsp3) is 0.571. The van der Waals surface area contributed by atoms with E-state index in [1.54, 1.807) is 6.07 Å². The molecule has 0 heterocycles. The summed E-state index contributed by atoms with van der Waals surface area (Å²) in [7, 11) is 5.42. The molecule has 7 heteroatoms. The molecule has 0 saturated heterocycles. The monoisotopic (exact) mass is 297 g/mol. The number of nitrogens with zero attached hydrogens (tertiary/aromatic N) is 2. The first-order valence-corrected chi connectivity index (χ1v) is 6.79. The number of nitro benzene ring substituents is 1. The lowest BCUT2D eigenvalue weighted by Gasteiger charge is -2.10. The Bertz CT molecular complexity index is 452. The Morgan fingerprint density at radius 3 is 2.71 bits per heavy atom. The van der Waals surface area contributed by atoms with Crippen molar-refractivity contribution in [2.45, 2.75) is 6.54 Å². The Balaban J connectivity index is 2.32. The molecule has 1 aromatic carbocycles. The van der Waals surface area contributed by atoms with Crippen molar-refractivity contribution in [3.05, 3.63) is 33.9 Å². The van der Waals surface area contributed by atoms with Gasteiger partial charge in [-0.05, 0) is 25.7 Å². The molecular weight excluding hydrogens is 274 g/mol. The number of ether oxygens (including phenoxy) is 2. The molecule has 0 aliphatic rings. The molecule has 0 bridgehead atoms. The van der Waals surface area contributed by atoms with Crippen molar-refractivity contribution >= 4 is 5.69 Å². The average molecular weight is 297 g/mol. The topological polar surface area (TPSA) is 76.9 Å². The third-order valence-corrected chi connectivity index (χ3v) is 2.88. The standard InChI is InChI=1S/C14H23N3O4/c1-16(2)7-9-21-8-6-15-11-12-4-5-14(20-3)13(10-12)17(18)19/h4-5,10,15H,6-9,11H2,1-3H3. The number of likely N-dealkylation sites (N-methyl/N-ethyl adjacent to an activating group) is 1. The van der Waals surface area contributed by atoms with Crippen LogP contribution in [0, 0.1) is 10.1 Å². The van der Waals surface area contributed by atoms with Crippen molar-refractivity contribution in [1.82, 2.24) is 10.2 Å². The molecule has 1 aromatic rings. The van der Waals surface area contributed by atoms with Gasteiger partial charge >= 0.3 is 5.69 Å². The van der Waals surface area contributed by atoms with Crippen molar-refractivity contribution < 1.29 is 14.4 Å². The van der Waals surface area contributed by atoms with Gasteiger partial charge in [-0.1, -0.05) is 6.07 Å². The van der Waals surface area contributed by atoms with E-state index in [2.05, 4.69) is 10.2 Å². The van der Waals surface area contributed by atoms with E-state index < -0.39 is 4.92 Å². The van der Waals surface area contributed by atoms with E-state index in [4.69, 9.17) is 9.47 Å². The highest BCUT2D eigenvalue weighted by molar-refractivity contribution is 5.48. The van der Waals surface area contributed by atoms with Gasteiger partial charge in [0, 0.05) is 25.7 Å². The summed E-state index contributed by atoms with van der Waals surface area (Å²) in [5.41, 5.74) is 0.829. The van der Waals surface area contributed by atoms with Crippen LogP contribution in [0.5, 0.6) is 5.75 Å². The van der Waals surface area contributed by atoms with E-state index in [9.17, 15) is 10.1 Å². The number of rotatable bonds is 10. The van der Waals surface area contributed by atoms with Gasteiger partial charge in [0.1, 0.15) is 0 Å². The molecule has 0 radical (unpaired) electrons. The van der Waals surface area contributed by atoms with Gasteiger partial charge in [0.05, 0.1) is 25.2 Å². The van der Waals surface area contributed by atoms with Gasteiger partial charge in [-0.15, -0.1) is 0 Å². The molecule has 118 valence electrons. The summed E-state index contributed by atoms with van der Waals surface area (Å²) < 4.78 is 10.4. The maximum atomic E-state index is 10.9. The molecule has 21 heavy (non-hydrogen) atoms. The lowest BCUT2D eigenvalue weighted by Crippen LogP contribution is -2.23. The molecule has 0 fully saturated rings. The second kappa shape index (κ2) is 9.28. The highest BCUT2D eigenvalue weighted by Gasteiger charge is 2.14. The van der Waals surface area contributed by atoms with Crippen molar-refractivity contribution in [3.63, 3.8) is 0 Å². The number of benzene rings is 1. The van der Waals surface area contributed by atoms with E-state index in [-0.39, 0.29) is 11.4 Å². The van der Waals surface area contributed by atoms with Gasteiger partial charge in [-0.2, -0.15) is 0 Å². The summed E-state index contributed by atoms with van der Waals surface area (Å²) in [6.45, 7) is 3.47. The zero-order chi connectivity index (χ0) is 15.7. The number of methoxy groups -OCH3 is 1. The van der Waals surface area contributed by atoms with Crippen molar-refractivity contribution in [2.75, 3.05) is 47.5 Å². The van der Waals surface area contributed by atoms with Gasteiger partial charge in [-0.25, -0.2) is 0 Å². The minimum atomic E-state index is -0.438. The third-order valence-electron chi connectivity index (χ3n) is 2.88. The van der Waals surface area contributed by atoms with E-state index in [1.807, 2.05) is 20.2 Å². The average Bonchev–Trinajstić information content (AvgIpc) is 2.45. The SMILES string of the molecule is COc1ccc(CNCCOCCN(C)C)cc1[N+](=O)[O-]. The van der Waals surface area contributed by atoms with Crippen molar-refractivity contribution in [3.8, 4) is 5.75 Å². The van der Waals surface area contributed by atoms with Crippen LogP contribution in [-0.2, 0) is 11.3 Å². The minimum Gasteiger partial charge on any atom is -0.490 e. The van der Waals surface area contributed by atoms with Crippen LogP contribution in [0.25, 0.3) is 0 Å². The fourth-order valence-corrected chi connectivity index (χ4v) is 1.71. The molecule has 0 atom stereocenters. The Morgan fingerprint density at radius 2 is 2.10 bits per heavy atom. The summed E-state index contributed by atoms with van der Waals surface area (Å²) in [6.07, 6.45) is 0. The molecule has 0 amide bonds. The summed E-state index contributed by atoms with van der Waals surface area (Å²) in [4.78, 5) is 12.5. The molecule has 0 spiro atoms. The lowest BCUT2D eigenvalue weighted by atomic mass is 10.2. The van der Waals surface area contributed by atoms with Gasteiger partial charge in [-0.3, -0.25) is 10.1 Å².